The third-order valence-electron chi connectivity index (χ3n) is 5.29. The van der Waals surface area contributed by atoms with E-state index in [0.29, 0.717) is 16.8 Å². The Labute approximate surface area is 190 Å². The van der Waals surface area contributed by atoms with Crippen LogP contribution in [0.5, 0.6) is 0 Å². The fourth-order valence-corrected chi connectivity index (χ4v) is 4.88. The van der Waals surface area contributed by atoms with Crippen molar-refractivity contribution < 1.29 is 0 Å². The Morgan fingerprint density at radius 2 is 1.56 bits per heavy atom. The van der Waals surface area contributed by atoms with Crippen LogP contribution in [0.3, 0.4) is 0 Å². The Morgan fingerprint density at radius 1 is 0.875 bits per heavy atom. The van der Waals surface area contributed by atoms with E-state index in [-0.39, 0.29) is 0 Å². The second kappa shape index (κ2) is 8.35. The van der Waals surface area contributed by atoms with Gasteiger partial charge in [-0.05, 0) is 35.9 Å². The number of benzene rings is 3. The summed E-state index contributed by atoms with van der Waals surface area (Å²) < 4.78 is 1.09. The minimum Gasteiger partial charge on any atom is -0.309 e. The number of anilines is 3. The van der Waals surface area contributed by atoms with E-state index in [1.54, 1.807) is 11.3 Å². The highest BCUT2D eigenvalue weighted by Crippen LogP contribution is 2.47. The Kier molecular flexibility index (Phi) is 5.09. The average molecular weight is 429 g/mol. The second-order valence-electron chi connectivity index (χ2n) is 7.11. The van der Waals surface area contributed by atoms with Crippen molar-refractivity contribution in [3.63, 3.8) is 0 Å². The van der Waals surface area contributed by atoms with Crippen LogP contribution < -0.4 is 4.90 Å². The van der Waals surface area contributed by atoms with E-state index >= 15 is 0 Å². The summed E-state index contributed by atoms with van der Waals surface area (Å²) >= 11 is 1.65. The van der Waals surface area contributed by atoms with Crippen molar-refractivity contribution in [1.82, 2.24) is 4.98 Å². The lowest BCUT2D eigenvalue weighted by Gasteiger charge is -2.25. The molecule has 4 nitrogen and oxygen atoms in total. The number of pyridine rings is 1. The Bertz CT molecular complexity index is 1420. The van der Waals surface area contributed by atoms with Crippen molar-refractivity contribution in [2.45, 2.75) is 0 Å². The lowest BCUT2D eigenvalue weighted by molar-refractivity contribution is 1.30. The van der Waals surface area contributed by atoms with Crippen LogP contribution in [0.15, 0.2) is 96.6 Å². The first kappa shape index (κ1) is 19.5. The number of thiophene rings is 1. The van der Waals surface area contributed by atoms with Gasteiger partial charge in [-0.15, -0.1) is 11.3 Å². The molecule has 0 N–H and O–H groups in total. The van der Waals surface area contributed by atoms with Gasteiger partial charge in [0.25, 0.3) is 0 Å². The molecule has 5 aromatic rings. The third-order valence-corrected chi connectivity index (χ3v) is 6.22. The van der Waals surface area contributed by atoms with Gasteiger partial charge in [0.2, 0.25) is 5.69 Å². The third kappa shape index (κ3) is 3.28. The van der Waals surface area contributed by atoms with Crippen LogP contribution in [0, 0.1) is 17.9 Å². The lowest BCUT2D eigenvalue weighted by Crippen LogP contribution is -2.09. The van der Waals surface area contributed by atoms with E-state index < -0.39 is 0 Å². The van der Waals surface area contributed by atoms with Gasteiger partial charge in [0.05, 0.1) is 17.8 Å². The van der Waals surface area contributed by atoms with Crippen molar-refractivity contribution >= 4 is 44.2 Å². The Morgan fingerprint density at radius 3 is 2.19 bits per heavy atom. The normalized spacial score (nSPS) is 10.4. The highest BCUT2D eigenvalue weighted by Gasteiger charge is 2.21. The first-order valence-electron chi connectivity index (χ1n) is 9.98. The molecule has 0 atom stereocenters. The van der Waals surface area contributed by atoms with Crippen LogP contribution in [0.4, 0.5) is 22.7 Å². The highest BCUT2D eigenvalue weighted by molar-refractivity contribution is 7.18. The lowest BCUT2D eigenvalue weighted by atomic mass is 9.96. The number of para-hydroxylation sites is 2. The number of hydrogen-bond donors (Lipinski definition) is 0. The fourth-order valence-electron chi connectivity index (χ4n) is 3.93. The largest absolute Gasteiger partial charge is 0.309 e. The molecule has 0 aliphatic rings. The van der Waals surface area contributed by atoms with Gasteiger partial charge in [-0.25, -0.2) is 4.85 Å². The SMILES string of the molecule is [C-]#[N+]c1cncc(C#N)c1-c1cccc2scc(N(c3ccccc3)c3ccccc3)c12. The Balaban J connectivity index is 1.85. The minimum atomic E-state index is 0.375. The molecule has 0 aliphatic heterocycles. The molecule has 0 spiro atoms. The molecule has 0 saturated heterocycles. The van der Waals surface area contributed by atoms with Gasteiger partial charge >= 0.3 is 0 Å². The Hall–Kier alpha value is -4.45. The molecule has 0 fully saturated rings. The summed E-state index contributed by atoms with van der Waals surface area (Å²) in [4.78, 5) is 9.97. The van der Waals surface area contributed by atoms with Gasteiger partial charge in [0.1, 0.15) is 6.07 Å². The summed E-state index contributed by atoms with van der Waals surface area (Å²) in [6.07, 6.45) is 3.06. The molecule has 0 radical (unpaired) electrons. The number of fused-ring (bicyclic) bond motifs is 1. The smallest absolute Gasteiger partial charge is 0.214 e. The topological polar surface area (TPSA) is 44.3 Å². The molecule has 32 heavy (non-hydrogen) atoms. The summed E-state index contributed by atoms with van der Waals surface area (Å²) in [6, 6.07) is 28.7. The maximum absolute atomic E-state index is 9.76. The van der Waals surface area contributed by atoms with E-state index in [0.717, 1.165) is 32.7 Å². The molecular formula is C27H16N4S. The summed E-state index contributed by atoms with van der Waals surface area (Å²) in [5.74, 6) is 0. The number of aromatic nitrogens is 1. The molecule has 0 unspecified atom stereocenters. The van der Waals surface area contributed by atoms with E-state index in [1.165, 1.54) is 12.4 Å². The number of nitrogens with zero attached hydrogens (tertiary/aromatic N) is 4. The standard InChI is InChI=1S/C27H16N4S/c1-29-23-17-30-16-19(15-28)26(23)22-13-8-14-25-27(22)24(18-32-25)31(20-9-4-2-5-10-20)21-11-6-3-7-12-21/h2-14,16-18H. The molecule has 0 amide bonds. The first-order chi connectivity index (χ1) is 15.8. The molecular weight excluding hydrogens is 412 g/mol. The highest BCUT2D eigenvalue weighted by atomic mass is 32.1. The summed E-state index contributed by atoms with van der Waals surface area (Å²) in [5, 5.41) is 12.9. The number of nitriles is 1. The first-order valence-corrected chi connectivity index (χ1v) is 10.9. The molecule has 0 saturated carbocycles. The van der Waals surface area contributed by atoms with E-state index in [4.69, 9.17) is 6.57 Å². The molecule has 0 bridgehead atoms. The average Bonchev–Trinajstić information content (AvgIpc) is 3.29. The van der Waals surface area contributed by atoms with E-state index in [2.05, 4.69) is 56.5 Å². The van der Waals surface area contributed by atoms with Crippen LogP contribution in [0.25, 0.3) is 26.1 Å². The van der Waals surface area contributed by atoms with Gasteiger partial charge in [-0.2, -0.15) is 5.26 Å². The second-order valence-corrected chi connectivity index (χ2v) is 8.02. The minimum absolute atomic E-state index is 0.375. The summed E-state index contributed by atoms with van der Waals surface area (Å²) in [7, 11) is 0. The monoisotopic (exact) mass is 428 g/mol. The van der Waals surface area contributed by atoms with Crippen molar-refractivity contribution in [3.05, 3.63) is 114 Å². The van der Waals surface area contributed by atoms with Gasteiger partial charge in [0, 0.05) is 44.8 Å². The molecule has 5 heteroatoms. The molecule has 5 rings (SSSR count). The zero-order valence-electron chi connectivity index (χ0n) is 16.9. The van der Waals surface area contributed by atoms with Gasteiger partial charge < -0.3 is 4.90 Å². The van der Waals surface area contributed by atoms with Gasteiger partial charge in [-0.1, -0.05) is 48.5 Å². The van der Waals surface area contributed by atoms with Crippen molar-refractivity contribution in [2.24, 2.45) is 0 Å². The van der Waals surface area contributed by atoms with Crippen molar-refractivity contribution in [3.8, 4) is 17.2 Å². The molecule has 150 valence electrons. The van der Waals surface area contributed by atoms with Crippen LogP contribution in [-0.2, 0) is 0 Å². The zero-order chi connectivity index (χ0) is 21.9. The predicted molar refractivity (Wildman–Crippen MR) is 131 cm³/mol. The van der Waals surface area contributed by atoms with Crippen LogP contribution in [-0.4, -0.2) is 4.98 Å². The van der Waals surface area contributed by atoms with Crippen LogP contribution in [0.2, 0.25) is 0 Å². The van der Waals surface area contributed by atoms with Gasteiger partial charge in [0.15, 0.2) is 0 Å². The van der Waals surface area contributed by atoms with E-state index in [9.17, 15) is 5.26 Å². The molecule has 3 aromatic carbocycles. The molecule has 0 aliphatic carbocycles. The summed E-state index contributed by atoms with van der Waals surface area (Å²) in [5.41, 5.74) is 5.34. The number of hydrogen-bond acceptors (Lipinski definition) is 4. The van der Waals surface area contributed by atoms with Crippen LogP contribution in [0.1, 0.15) is 5.56 Å². The van der Waals surface area contributed by atoms with Gasteiger partial charge in [-0.3, -0.25) is 4.98 Å². The molecule has 2 heterocycles. The van der Waals surface area contributed by atoms with Crippen LogP contribution >= 0.6 is 11.3 Å². The van der Waals surface area contributed by atoms with Crippen molar-refractivity contribution in [2.75, 3.05) is 4.90 Å². The zero-order valence-corrected chi connectivity index (χ0v) is 17.8. The summed E-state index contributed by atoms with van der Waals surface area (Å²) in [6.45, 7) is 7.65. The van der Waals surface area contributed by atoms with E-state index in [1.807, 2.05) is 48.5 Å². The predicted octanol–water partition coefficient (Wildman–Crippen LogP) is 7.86. The number of rotatable bonds is 4. The van der Waals surface area contributed by atoms with Crippen molar-refractivity contribution in [1.29, 1.82) is 5.26 Å². The maximum atomic E-state index is 9.76. The quantitative estimate of drug-likeness (QED) is 0.274. The molecule has 2 aromatic heterocycles. The maximum Gasteiger partial charge on any atom is 0.214 e. The fraction of sp³-hybridized carbons (Fsp3) is 0.